The lowest BCUT2D eigenvalue weighted by Crippen LogP contribution is -2.27. The lowest BCUT2D eigenvalue weighted by atomic mass is 9.87. The molecule has 1 saturated heterocycles. The van der Waals surface area contributed by atoms with Crippen LogP contribution in [0.1, 0.15) is 111 Å². The van der Waals surface area contributed by atoms with Crippen LogP contribution in [0.25, 0.3) is 5.57 Å². The van der Waals surface area contributed by atoms with Crippen molar-refractivity contribution in [1.82, 2.24) is 9.88 Å². The van der Waals surface area contributed by atoms with Crippen LogP contribution < -0.4 is 0 Å². The highest BCUT2D eigenvalue weighted by Crippen LogP contribution is 2.35. The summed E-state index contributed by atoms with van der Waals surface area (Å²) < 4.78 is 0. The Labute approximate surface area is 230 Å². The molecule has 2 heterocycles. The summed E-state index contributed by atoms with van der Waals surface area (Å²) in [5.41, 5.74) is 7.80. The number of rotatable bonds is 3. The first-order chi connectivity index (χ1) is 17.4. The second-order valence-electron chi connectivity index (χ2n) is 7.72. The molecule has 0 unspecified atom stereocenters. The van der Waals surface area contributed by atoms with Gasteiger partial charge in [0.15, 0.2) is 0 Å². The van der Waals surface area contributed by atoms with Gasteiger partial charge in [-0.05, 0) is 75.0 Å². The summed E-state index contributed by atoms with van der Waals surface area (Å²) >= 11 is 6.19. The van der Waals surface area contributed by atoms with Gasteiger partial charge in [-0.2, -0.15) is 0 Å². The molecule has 0 saturated carbocycles. The van der Waals surface area contributed by atoms with E-state index in [1.54, 1.807) is 6.08 Å². The molecule has 2 nitrogen and oxygen atoms in total. The van der Waals surface area contributed by atoms with E-state index in [4.69, 9.17) is 16.6 Å². The van der Waals surface area contributed by atoms with Crippen molar-refractivity contribution in [1.29, 1.82) is 0 Å². The van der Waals surface area contributed by atoms with Crippen molar-refractivity contribution >= 4 is 17.2 Å². The highest BCUT2D eigenvalue weighted by molar-refractivity contribution is 6.30. The number of nitrogens with zero attached hydrogens (tertiary/aromatic N) is 2. The van der Waals surface area contributed by atoms with E-state index in [1.165, 1.54) is 34.3 Å². The van der Waals surface area contributed by atoms with Gasteiger partial charge in [-0.1, -0.05) is 104 Å². The third kappa shape index (κ3) is 14.6. The summed E-state index contributed by atoms with van der Waals surface area (Å²) in [5, 5.41) is 0.792. The molecule has 1 aromatic carbocycles. The van der Waals surface area contributed by atoms with Crippen molar-refractivity contribution in [3.8, 4) is 0 Å². The van der Waals surface area contributed by atoms with E-state index in [1.807, 2.05) is 66.8 Å². The molecular formula is C33H57ClN2. The molecule has 0 spiro atoms. The van der Waals surface area contributed by atoms with E-state index < -0.39 is 0 Å². The summed E-state index contributed by atoms with van der Waals surface area (Å²) in [6.07, 6.45) is 8.11. The number of halogens is 1. The minimum absolute atomic E-state index is 0.792. The quantitative estimate of drug-likeness (QED) is 0.377. The molecule has 0 atom stereocenters. The summed E-state index contributed by atoms with van der Waals surface area (Å²) in [7, 11) is 2.20. The fourth-order valence-corrected chi connectivity index (χ4v) is 3.71. The van der Waals surface area contributed by atoms with Gasteiger partial charge < -0.3 is 4.90 Å². The largest absolute Gasteiger partial charge is 0.306 e. The Kier molecular flexibility index (Phi) is 28.1. The molecule has 206 valence electrons. The van der Waals surface area contributed by atoms with Gasteiger partial charge in [-0.3, -0.25) is 4.98 Å². The number of aromatic nitrogens is 1. The average molecular weight is 517 g/mol. The van der Waals surface area contributed by atoms with Crippen molar-refractivity contribution in [3.05, 3.63) is 82.2 Å². The zero-order chi connectivity index (χ0) is 28.5. The number of benzene rings is 1. The van der Waals surface area contributed by atoms with Crippen molar-refractivity contribution in [2.24, 2.45) is 0 Å². The van der Waals surface area contributed by atoms with Crippen LogP contribution in [0.2, 0.25) is 5.02 Å². The number of hydrogen-bond donors (Lipinski definition) is 0. The second kappa shape index (κ2) is 26.2. The zero-order valence-corrected chi connectivity index (χ0v) is 26.5. The van der Waals surface area contributed by atoms with Crippen LogP contribution in [0.4, 0.5) is 0 Å². The average Bonchev–Trinajstić information content (AvgIpc) is 2.91. The normalized spacial score (nSPS) is 11.8. The maximum absolute atomic E-state index is 6.19. The van der Waals surface area contributed by atoms with Crippen molar-refractivity contribution in [2.45, 2.75) is 102 Å². The van der Waals surface area contributed by atoms with Crippen LogP contribution in [0.5, 0.6) is 0 Å². The fraction of sp³-hybridized carbons (Fsp3) is 0.545. The number of piperidine rings is 1. The molecule has 0 amide bonds. The van der Waals surface area contributed by atoms with Crippen LogP contribution in [-0.2, 0) is 6.42 Å². The van der Waals surface area contributed by atoms with E-state index in [9.17, 15) is 0 Å². The Hall–Kier alpha value is -1.90. The molecule has 36 heavy (non-hydrogen) atoms. The maximum atomic E-state index is 6.19. The lowest BCUT2D eigenvalue weighted by molar-refractivity contribution is 0.313. The summed E-state index contributed by atoms with van der Waals surface area (Å²) in [5.74, 6) is 0. The first-order valence-corrected chi connectivity index (χ1v) is 14.5. The minimum Gasteiger partial charge on any atom is -0.306 e. The highest BCUT2D eigenvalue weighted by Gasteiger charge is 2.20. The van der Waals surface area contributed by atoms with Gasteiger partial charge in [0, 0.05) is 29.9 Å². The molecule has 1 fully saturated rings. The molecule has 3 heteroatoms. The van der Waals surface area contributed by atoms with Crippen molar-refractivity contribution in [3.63, 3.8) is 0 Å². The molecule has 1 aromatic heterocycles. The molecule has 0 bridgehead atoms. The van der Waals surface area contributed by atoms with Crippen molar-refractivity contribution in [2.75, 3.05) is 20.1 Å². The monoisotopic (exact) mass is 516 g/mol. The van der Waals surface area contributed by atoms with Gasteiger partial charge in [-0.15, -0.1) is 6.58 Å². The van der Waals surface area contributed by atoms with E-state index in [-0.39, 0.29) is 0 Å². The Morgan fingerprint density at radius 1 is 1.00 bits per heavy atom. The van der Waals surface area contributed by atoms with Crippen LogP contribution in [-0.4, -0.2) is 30.0 Å². The third-order valence-electron chi connectivity index (χ3n) is 4.91. The van der Waals surface area contributed by atoms with Crippen LogP contribution in [0, 0.1) is 6.92 Å². The van der Waals surface area contributed by atoms with Crippen LogP contribution >= 0.6 is 11.6 Å². The highest BCUT2D eigenvalue weighted by atomic mass is 35.5. The van der Waals surface area contributed by atoms with Gasteiger partial charge in [0.05, 0.1) is 5.69 Å². The number of likely N-dealkylation sites (tertiary alicyclic amines) is 1. The summed E-state index contributed by atoms with van der Waals surface area (Å²) in [4.78, 5) is 7.18. The topological polar surface area (TPSA) is 16.1 Å². The Balaban J connectivity index is -0.000000784. The molecule has 0 N–H and O–H groups in total. The van der Waals surface area contributed by atoms with E-state index in [2.05, 4.69) is 64.4 Å². The van der Waals surface area contributed by atoms with Crippen molar-refractivity contribution < 1.29 is 0 Å². The molecule has 0 aliphatic carbocycles. The first-order valence-electron chi connectivity index (χ1n) is 14.1. The zero-order valence-electron chi connectivity index (χ0n) is 25.8. The van der Waals surface area contributed by atoms with Gasteiger partial charge in [0.1, 0.15) is 0 Å². The Bertz CT molecular complexity index is 814. The van der Waals surface area contributed by atoms with Gasteiger partial charge in [-0.25, -0.2) is 0 Å². The lowest BCUT2D eigenvalue weighted by Gasteiger charge is -2.27. The molecular weight excluding hydrogens is 460 g/mol. The fourth-order valence-electron chi connectivity index (χ4n) is 3.48. The number of allylic oxidation sites excluding steroid dienone is 1. The first kappa shape index (κ1) is 38.6. The second-order valence-corrected chi connectivity index (χ2v) is 8.16. The van der Waals surface area contributed by atoms with Gasteiger partial charge >= 0.3 is 0 Å². The summed E-state index contributed by atoms with van der Waals surface area (Å²) in [6.45, 7) is 28.1. The minimum atomic E-state index is 0.792. The molecule has 3 rings (SSSR count). The van der Waals surface area contributed by atoms with Crippen LogP contribution in [0.3, 0.4) is 0 Å². The third-order valence-corrected chi connectivity index (χ3v) is 5.15. The van der Waals surface area contributed by atoms with Gasteiger partial charge in [0.25, 0.3) is 0 Å². The van der Waals surface area contributed by atoms with Gasteiger partial charge in [0.2, 0.25) is 0 Å². The molecule has 1 aliphatic heterocycles. The number of hydrogen-bond acceptors (Lipinski definition) is 2. The SMILES string of the molecule is C=CC.CC.CC.CC.CCC.CCc1cccnc1C(=C1CCN(C)CC1)c1ccc(Cl)cc1C. The Morgan fingerprint density at radius 2 is 1.50 bits per heavy atom. The smallest absolute Gasteiger partial charge is 0.0739 e. The molecule has 0 radical (unpaired) electrons. The van der Waals surface area contributed by atoms with Crippen LogP contribution in [0.15, 0.2) is 54.8 Å². The molecule has 1 aliphatic rings. The van der Waals surface area contributed by atoms with E-state index in [0.29, 0.717) is 0 Å². The Morgan fingerprint density at radius 3 is 1.94 bits per heavy atom. The molecule has 2 aromatic rings. The number of pyridine rings is 1. The van der Waals surface area contributed by atoms with E-state index >= 15 is 0 Å². The van der Waals surface area contributed by atoms with E-state index in [0.717, 1.165) is 43.1 Å². The standard InChI is InChI=1S/C21H25ClN2.C3H8.C3H6.3C2H6/c1-4-16-6-5-11-23-21(16)20(17-9-12-24(3)13-10-17)19-8-7-18(22)14-15(19)2;2*1-3-2;3*1-2/h5-8,11,14H,4,9-10,12-13H2,1-3H3;3H2,1-2H3;3H,1H2,2H3;3*1-2H3. The maximum Gasteiger partial charge on any atom is 0.0739 e. The predicted molar refractivity (Wildman–Crippen MR) is 168 cm³/mol. The number of aryl methyl sites for hydroxylation is 2. The predicted octanol–water partition coefficient (Wildman–Crippen LogP) is 10.8. The summed E-state index contributed by atoms with van der Waals surface area (Å²) in [6, 6.07) is 10.4.